The fourth-order valence-electron chi connectivity index (χ4n) is 4.27. The maximum absolute atomic E-state index is 13.0. The zero-order valence-electron chi connectivity index (χ0n) is 15.7. The molecule has 1 aromatic heterocycles. The minimum atomic E-state index is -0.247. The Balaban J connectivity index is 1.47. The van der Waals surface area contributed by atoms with Gasteiger partial charge in [0.15, 0.2) is 0 Å². The molecule has 2 aliphatic rings. The first-order chi connectivity index (χ1) is 13.0. The Kier molecular flexibility index (Phi) is 4.72. The number of likely N-dealkylation sites (tertiary alicyclic amines) is 2. The number of carbonyl (C=O) groups is 2. The molecule has 0 bridgehead atoms. The number of hydrogen-bond acceptors (Lipinski definition) is 3. The highest BCUT2D eigenvalue weighted by Gasteiger charge is 2.29. The molecule has 0 N–H and O–H groups in total. The van der Waals surface area contributed by atoms with Gasteiger partial charge in [-0.3, -0.25) is 14.4 Å². The normalized spacial score (nSPS) is 18.5. The summed E-state index contributed by atoms with van der Waals surface area (Å²) in [6.45, 7) is 2.95. The minimum absolute atomic E-state index is 0.183. The van der Waals surface area contributed by atoms with E-state index in [1.807, 2.05) is 29.2 Å². The van der Waals surface area contributed by atoms with Gasteiger partial charge in [-0.25, -0.2) is 0 Å². The molecule has 27 heavy (non-hydrogen) atoms. The zero-order valence-corrected chi connectivity index (χ0v) is 15.7. The van der Waals surface area contributed by atoms with E-state index in [1.165, 1.54) is 0 Å². The number of rotatable bonds is 3. The first-order valence-electron chi connectivity index (χ1n) is 9.70. The van der Waals surface area contributed by atoms with Gasteiger partial charge in [-0.15, -0.1) is 0 Å². The van der Waals surface area contributed by atoms with Crippen molar-refractivity contribution >= 4 is 22.7 Å². The summed E-state index contributed by atoms with van der Waals surface area (Å²) in [5, 5.41) is 0.894. The number of carbonyl (C=O) groups excluding carboxylic acids is 2. The molecule has 0 radical (unpaired) electrons. The van der Waals surface area contributed by atoms with Crippen LogP contribution in [0.4, 0.5) is 0 Å². The maximum atomic E-state index is 13.0. The van der Waals surface area contributed by atoms with Crippen LogP contribution in [0, 0.1) is 5.92 Å². The third-order valence-electron chi connectivity index (χ3n) is 5.92. The summed E-state index contributed by atoms with van der Waals surface area (Å²) in [6, 6.07) is 9.32. The van der Waals surface area contributed by atoms with E-state index < -0.39 is 0 Å². The molecule has 6 heteroatoms. The molecule has 2 aromatic rings. The molecule has 2 saturated heterocycles. The van der Waals surface area contributed by atoms with Crippen molar-refractivity contribution in [2.24, 2.45) is 13.0 Å². The van der Waals surface area contributed by atoms with Crippen LogP contribution in [0.1, 0.15) is 36.0 Å². The number of hydrogen-bond donors (Lipinski definition) is 0. The van der Waals surface area contributed by atoms with Gasteiger partial charge in [0.2, 0.25) is 5.91 Å². The summed E-state index contributed by atoms with van der Waals surface area (Å²) in [6.07, 6.45) is 3.39. The van der Waals surface area contributed by atoms with Crippen LogP contribution in [0.2, 0.25) is 0 Å². The molecule has 0 unspecified atom stereocenters. The molecule has 0 spiro atoms. The fraction of sp³-hybridized carbons (Fsp3) is 0.476. The van der Waals surface area contributed by atoms with Gasteiger partial charge in [0.25, 0.3) is 11.5 Å². The first-order valence-corrected chi connectivity index (χ1v) is 9.70. The summed E-state index contributed by atoms with van der Waals surface area (Å²) in [5.74, 6) is 0.515. The van der Waals surface area contributed by atoms with Crippen LogP contribution in [0.25, 0.3) is 10.9 Å². The number of aromatic nitrogens is 1. The monoisotopic (exact) mass is 367 g/mol. The Bertz CT molecular complexity index is 941. The zero-order chi connectivity index (χ0) is 19.0. The minimum Gasteiger partial charge on any atom is -0.342 e. The van der Waals surface area contributed by atoms with Gasteiger partial charge in [-0.1, -0.05) is 18.2 Å². The lowest BCUT2D eigenvalue weighted by molar-refractivity contribution is -0.128. The molecule has 2 amide bonds. The van der Waals surface area contributed by atoms with Crippen LogP contribution >= 0.6 is 0 Å². The van der Waals surface area contributed by atoms with Gasteiger partial charge < -0.3 is 14.4 Å². The van der Waals surface area contributed by atoms with Gasteiger partial charge in [0.1, 0.15) is 5.56 Å². The lowest BCUT2D eigenvalue weighted by atomic mass is 9.95. The molecular weight excluding hydrogens is 342 g/mol. The lowest BCUT2D eigenvalue weighted by Gasteiger charge is -2.34. The van der Waals surface area contributed by atoms with Gasteiger partial charge in [0, 0.05) is 39.6 Å². The molecule has 2 aliphatic heterocycles. The van der Waals surface area contributed by atoms with Gasteiger partial charge >= 0.3 is 0 Å². The number of aryl methyl sites for hydroxylation is 1. The van der Waals surface area contributed by atoms with Crippen LogP contribution in [0.15, 0.2) is 35.1 Å². The summed E-state index contributed by atoms with van der Waals surface area (Å²) in [5.41, 5.74) is 0.820. The Morgan fingerprint density at radius 2 is 1.85 bits per heavy atom. The standard InChI is InChI=1S/C21H25N3O3/c1-22-18-6-3-2-5-16(18)13-17(20(22)26)21(27)23-11-8-15(9-12-23)14-24-10-4-7-19(24)25/h2-3,5-6,13,15H,4,7-12,14H2,1H3. The lowest BCUT2D eigenvalue weighted by Crippen LogP contribution is -2.43. The van der Waals surface area contributed by atoms with E-state index >= 15 is 0 Å². The van der Waals surface area contributed by atoms with Crippen LogP contribution in [-0.2, 0) is 11.8 Å². The van der Waals surface area contributed by atoms with Crippen molar-refractivity contribution in [1.82, 2.24) is 14.4 Å². The average molecular weight is 367 g/mol. The second-order valence-corrected chi connectivity index (χ2v) is 7.66. The summed E-state index contributed by atoms with van der Waals surface area (Å²) < 4.78 is 1.55. The molecule has 0 saturated carbocycles. The van der Waals surface area contributed by atoms with Crippen LogP contribution in [-0.4, -0.2) is 52.4 Å². The quantitative estimate of drug-likeness (QED) is 0.834. The highest BCUT2D eigenvalue weighted by molar-refractivity contribution is 5.97. The summed E-state index contributed by atoms with van der Waals surface area (Å²) >= 11 is 0. The van der Waals surface area contributed by atoms with E-state index in [9.17, 15) is 14.4 Å². The van der Waals surface area contributed by atoms with Crippen molar-refractivity contribution in [3.63, 3.8) is 0 Å². The predicted octanol–water partition coefficient (Wildman–Crippen LogP) is 2.01. The largest absolute Gasteiger partial charge is 0.342 e. The number of pyridine rings is 1. The van der Waals surface area contributed by atoms with Crippen LogP contribution in [0.3, 0.4) is 0 Å². The Labute approximate surface area is 158 Å². The Morgan fingerprint density at radius 1 is 1.11 bits per heavy atom. The van der Waals surface area contributed by atoms with Crippen molar-refractivity contribution in [1.29, 1.82) is 0 Å². The first kappa shape index (κ1) is 17.8. The van der Waals surface area contributed by atoms with E-state index in [2.05, 4.69) is 0 Å². The molecule has 2 fully saturated rings. The predicted molar refractivity (Wildman–Crippen MR) is 104 cm³/mol. The summed E-state index contributed by atoms with van der Waals surface area (Å²) in [4.78, 5) is 41.2. The molecule has 0 atom stereocenters. The molecular formula is C21H25N3O3. The van der Waals surface area contributed by atoms with Crippen molar-refractivity contribution in [3.05, 3.63) is 46.2 Å². The topological polar surface area (TPSA) is 62.6 Å². The molecule has 1 aromatic carbocycles. The van der Waals surface area contributed by atoms with Crippen molar-refractivity contribution in [2.45, 2.75) is 25.7 Å². The third kappa shape index (κ3) is 3.36. The van der Waals surface area contributed by atoms with Crippen LogP contribution < -0.4 is 5.56 Å². The van der Waals surface area contributed by atoms with E-state index in [4.69, 9.17) is 0 Å². The molecule has 0 aliphatic carbocycles. The highest BCUT2D eigenvalue weighted by Crippen LogP contribution is 2.22. The van der Waals surface area contributed by atoms with Gasteiger partial charge in [-0.2, -0.15) is 0 Å². The highest BCUT2D eigenvalue weighted by atomic mass is 16.2. The van der Waals surface area contributed by atoms with E-state index in [-0.39, 0.29) is 22.9 Å². The van der Waals surface area contributed by atoms with Gasteiger partial charge in [-0.05, 0) is 42.7 Å². The SMILES string of the molecule is Cn1c(=O)c(C(=O)N2CCC(CN3CCCC3=O)CC2)cc2ccccc21. The second-order valence-electron chi connectivity index (χ2n) is 7.66. The fourth-order valence-corrected chi connectivity index (χ4v) is 4.27. The second kappa shape index (κ2) is 7.18. The number of fused-ring (bicyclic) bond motifs is 1. The van der Waals surface area contributed by atoms with E-state index in [1.54, 1.807) is 22.6 Å². The number of piperidine rings is 1. The van der Waals surface area contributed by atoms with E-state index in [0.717, 1.165) is 43.3 Å². The van der Waals surface area contributed by atoms with Crippen molar-refractivity contribution < 1.29 is 9.59 Å². The number of nitrogens with zero attached hydrogens (tertiary/aromatic N) is 3. The number of para-hydroxylation sites is 1. The maximum Gasteiger partial charge on any atom is 0.263 e. The summed E-state index contributed by atoms with van der Waals surface area (Å²) in [7, 11) is 1.71. The average Bonchev–Trinajstić information content (AvgIpc) is 3.09. The number of amides is 2. The third-order valence-corrected chi connectivity index (χ3v) is 5.92. The van der Waals surface area contributed by atoms with Gasteiger partial charge in [0.05, 0.1) is 5.52 Å². The van der Waals surface area contributed by atoms with Crippen LogP contribution in [0.5, 0.6) is 0 Å². The number of benzene rings is 1. The Hall–Kier alpha value is -2.63. The molecule has 4 rings (SSSR count). The van der Waals surface area contributed by atoms with Crippen molar-refractivity contribution in [3.8, 4) is 0 Å². The molecule has 6 nitrogen and oxygen atoms in total. The van der Waals surface area contributed by atoms with E-state index in [0.29, 0.717) is 25.4 Å². The van der Waals surface area contributed by atoms with Crippen molar-refractivity contribution in [2.75, 3.05) is 26.2 Å². The Morgan fingerprint density at radius 3 is 2.56 bits per heavy atom. The molecule has 142 valence electrons. The smallest absolute Gasteiger partial charge is 0.263 e. The molecule has 3 heterocycles.